The zero-order valence-corrected chi connectivity index (χ0v) is 15.6. The third-order valence-corrected chi connectivity index (χ3v) is 4.34. The van der Waals surface area contributed by atoms with Gasteiger partial charge in [-0.05, 0) is 36.2 Å². The topological polar surface area (TPSA) is 115 Å². The molecule has 0 aliphatic rings. The first-order valence-corrected chi connectivity index (χ1v) is 9.02. The minimum Gasteiger partial charge on any atom is -0.369 e. The van der Waals surface area contributed by atoms with Gasteiger partial charge < -0.3 is 16.4 Å². The van der Waals surface area contributed by atoms with Crippen LogP contribution in [0.2, 0.25) is 0 Å². The van der Waals surface area contributed by atoms with E-state index < -0.39 is 17.9 Å². The van der Waals surface area contributed by atoms with Gasteiger partial charge in [-0.15, -0.1) is 0 Å². The summed E-state index contributed by atoms with van der Waals surface area (Å²) < 4.78 is 14.6. The maximum atomic E-state index is 13.0. The number of nitrogens with two attached hydrogens (primary N) is 1. The van der Waals surface area contributed by atoms with Crippen molar-refractivity contribution in [2.24, 2.45) is 11.7 Å². The number of pyridine rings is 1. The second-order valence-corrected chi connectivity index (χ2v) is 6.43. The van der Waals surface area contributed by atoms with Gasteiger partial charge in [0.05, 0.1) is 5.92 Å². The van der Waals surface area contributed by atoms with Crippen LogP contribution in [-0.4, -0.2) is 33.2 Å². The molecule has 0 bridgehead atoms. The van der Waals surface area contributed by atoms with Crippen LogP contribution in [0.5, 0.6) is 0 Å². The van der Waals surface area contributed by atoms with E-state index in [0.29, 0.717) is 12.2 Å². The fourth-order valence-electron chi connectivity index (χ4n) is 2.80. The van der Waals surface area contributed by atoms with Gasteiger partial charge in [-0.2, -0.15) is 5.10 Å². The largest absolute Gasteiger partial charge is 0.369 e. The van der Waals surface area contributed by atoms with Crippen molar-refractivity contribution in [3.8, 4) is 5.82 Å². The Morgan fingerprint density at radius 2 is 1.90 bits per heavy atom. The van der Waals surface area contributed by atoms with E-state index in [-0.39, 0.29) is 18.9 Å². The fraction of sp³-hybridized carbons (Fsp3) is 0.200. The first kappa shape index (κ1) is 20.0. The van der Waals surface area contributed by atoms with Crippen LogP contribution in [-0.2, 0) is 17.8 Å². The lowest BCUT2D eigenvalue weighted by Crippen LogP contribution is -2.41. The molecule has 1 unspecified atom stereocenters. The SMILES string of the molecule is NC(=O)C(CNC(=O)NCc1cccnc1-n1cccn1)Cc1ccc(F)cc1. The molecular weight excluding hydrogens is 375 g/mol. The average molecular weight is 396 g/mol. The van der Waals surface area contributed by atoms with Crippen molar-refractivity contribution in [3.05, 3.63) is 78.0 Å². The van der Waals surface area contributed by atoms with Crippen molar-refractivity contribution >= 4 is 11.9 Å². The highest BCUT2D eigenvalue weighted by molar-refractivity contribution is 5.79. The van der Waals surface area contributed by atoms with E-state index in [0.717, 1.165) is 11.1 Å². The highest BCUT2D eigenvalue weighted by Gasteiger charge is 2.17. The van der Waals surface area contributed by atoms with Gasteiger partial charge in [0.1, 0.15) is 5.82 Å². The first-order chi connectivity index (χ1) is 14.0. The Hall–Kier alpha value is -3.75. The second-order valence-electron chi connectivity index (χ2n) is 6.43. The lowest BCUT2D eigenvalue weighted by Gasteiger charge is -2.15. The monoisotopic (exact) mass is 396 g/mol. The first-order valence-electron chi connectivity index (χ1n) is 9.02. The Morgan fingerprint density at radius 3 is 2.59 bits per heavy atom. The number of hydrogen-bond donors (Lipinski definition) is 3. The molecule has 29 heavy (non-hydrogen) atoms. The molecule has 0 fully saturated rings. The number of carbonyl (C=O) groups excluding carboxylic acids is 2. The number of halogens is 1. The molecule has 0 saturated heterocycles. The zero-order valence-electron chi connectivity index (χ0n) is 15.6. The third-order valence-electron chi connectivity index (χ3n) is 4.34. The maximum Gasteiger partial charge on any atom is 0.315 e. The van der Waals surface area contributed by atoms with Crippen molar-refractivity contribution in [1.29, 1.82) is 0 Å². The van der Waals surface area contributed by atoms with E-state index in [1.165, 1.54) is 12.1 Å². The highest BCUT2D eigenvalue weighted by atomic mass is 19.1. The Labute approximate surface area is 166 Å². The minimum absolute atomic E-state index is 0.0671. The van der Waals surface area contributed by atoms with Crippen LogP contribution in [0.25, 0.3) is 5.82 Å². The molecule has 3 rings (SSSR count). The van der Waals surface area contributed by atoms with Crippen LogP contribution in [0.3, 0.4) is 0 Å². The highest BCUT2D eigenvalue weighted by Crippen LogP contribution is 2.11. The standard InChI is InChI=1S/C20H21FN6O2/c21-17-6-4-14(5-7-17)11-16(18(22)28)13-25-20(29)24-12-15-3-1-8-23-19(15)27-10-2-9-26-27/h1-10,16H,11-13H2,(H2,22,28)(H2,24,25,29). The molecule has 0 spiro atoms. The van der Waals surface area contributed by atoms with Gasteiger partial charge in [0.2, 0.25) is 5.91 Å². The number of nitrogens with zero attached hydrogens (tertiary/aromatic N) is 3. The molecule has 2 aromatic heterocycles. The Balaban J connectivity index is 1.54. The van der Waals surface area contributed by atoms with Crippen LogP contribution >= 0.6 is 0 Å². The summed E-state index contributed by atoms with van der Waals surface area (Å²) in [5.41, 5.74) is 6.98. The molecule has 150 valence electrons. The van der Waals surface area contributed by atoms with Gasteiger partial charge in [-0.25, -0.2) is 18.9 Å². The number of nitrogens with one attached hydrogen (secondary N) is 2. The lowest BCUT2D eigenvalue weighted by atomic mass is 9.98. The molecule has 4 N–H and O–H groups in total. The van der Waals surface area contributed by atoms with E-state index in [2.05, 4.69) is 20.7 Å². The van der Waals surface area contributed by atoms with Gasteiger partial charge in [0.15, 0.2) is 5.82 Å². The lowest BCUT2D eigenvalue weighted by molar-refractivity contribution is -0.121. The van der Waals surface area contributed by atoms with Crippen molar-refractivity contribution in [2.75, 3.05) is 6.54 Å². The Morgan fingerprint density at radius 1 is 1.10 bits per heavy atom. The molecule has 0 aliphatic carbocycles. The summed E-state index contributed by atoms with van der Waals surface area (Å²) in [6.45, 7) is 0.297. The third kappa shape index (κ3) is 5.61. The summed E-state index contributed by atoms with van der Waals surface area (Å²) in [4.78, 5) is 28.2. The summed E-state index contributed by atoms with van der Waals surface area (Å²) in [7, 11) is 0. The summed E-state index contributed by atoms with van der Waals surface area (Å²) in [6.07, 6.45) is 5.36. The molecule has 0 radical (unpaired) electrons. The number of hydrogen-bond acceptors (Lipinski definition) is 4. The Bertz CT molecular complexity index is 959. The van der Waals surface area contributed by atoms with Crippen LogP contribution < -0.4 is 16.4 Å². The molecule has 9 heteroatoms. The summed E-state index contributed by atoms with van der Waals surface area (Å²) in [5.74, 6) is -0.886. The number of urea groups is 1. The molecule has 3 amide bonds. The molecular formula is C20H21FN6O2. The molecule has 1 aromatic carbocycles. The predicted octanol–water partition coefficient (Wildman–Crippen LogP) is 1.55. The van der Waals surface area contributed by atoms with Crippen molar-refractivity contribution < 1.29 is 14.0 Å². The number of aromatic nitrogens is 3. The van der Waals surface area contributed by atoms with Gasteiger partial charge in [-0.1, -0.05) is 18.2 Å². The number of carbonyl (C=O) groups is 2. The molecule has 1 atom stereocenters. The number of primary amides is 1. The summed E-state index contributed by atoms with van der Waals surface area (Å²) in [5, 5.41) is 9.54. The molecule has 0 saturated carbocycles. The molecule has 3 aromatic rings. The van der Waals surface area contributed by atoms with Gasteiger partial charge in [0.25, 0.3) is 0 Å². The van der Waals surface area contributed by atoms with Crippen molar-refractivity contribution in [3.63, 3.8) is 0 Å². The smallest absolute Gasteiger partial charge is 0.315 e. The maximum absolute atomic E-state index is 13.0. The van der Waals surface area contributed by atoms with E-state index in [1.807, 2.05) is 6.07 Å². The van der Waals surface area contributed by atoms with E-state index >= 15 is 0 Å². The quantitative estimate of drug-likeness (QED) is 0.536. The zero-order chi connectivity index (χ0) is 20.6. The normalized spacial score (nSPS) is 11.6. The van der Waals surface area contributed by atoms with Crippen molar-refractivity contribution in [1.82, 2.24) is 25.4 Å². The number of benzene rings is 1. The van der Waals surface area contributed by atoms with Crippen LogP contribution in [0.1, 0.15) is 11.1 Å². The van der Waals surface area contributed by atoms with Gasteiger partial charge in [-0.3, -0.25) is 4.79 Å². The average Bonchev–Trinajstić information content (AvgIpc) is 3.25. The fourth-order valence-corrected chi connectivity index (χ4v) is 2.80. The van der Waals surface area contributed by atoms with Gasteiger partial charge >= 0.3 is 6.03 Å². The van der Waals surface area contributed by atoms with Crippen LogP contribution in [0.4, 0.5) is 9.18 Å². The molecule has 2 heterocycles. The molecule has 8 nitrogen and oxygen atoms in total. The van der Waals surface area contributed by atoms with E-state index in [4.69, 9.17) is 5.73 Å². The number of rotatable bonds is 8. The second kappa shape index (κ2) is 9.45. The predicted molar refractivity (Wildman–Crippen MR) is 104 cm³/mol. The molecule has 0 aliphatic heterocycles. The minimum atomic E-state index is -0.607. The summed E-state index contributed by atoms with van der Waals surface area (Å²) in [6, 6.07) is 10.8. The van der Waals surface area contributed by atoms with Gasteiger partial charge in [0, 0.05) is 37.2 Å². The van der Waals surface area contributed by atoms with E-state index in [1.54, 1.807) is 47.5 Å². The Kier molecular flexibility index (Phi) is 6.51. The van der Waals surface area contributed by atoms with Crippen LogP contribution in [0, 0.1) is 11.7 Å². The summed E-state index contributed by atoms with van der Waals surface area (Å²) >= 11 is 0. The van der Waals surface area contributed by atoms with Crippen molar-refractivity contribution in [2.45, 2.75) is 13.0 Å². The van der Waals surface area contributed by atoms with E-state index in [9.17, 15) is 14.0 Å². The van der Waals surface area contributed by atoms with Crippen LogP contribution in [0.15, 0.2) is 61.1 Å². The number of amides is 3.